The molecule has 1 aliphatic rings. The molecule has 2 rings (SSSR count). The molecule has 2 N–H and O–H groups in total. The third kappa shape index (κ3) is 1.32. The number of benzene rings is 1. The molecular formula is C9H11ClFN. The number of hydrogen-bond donors (Lipinski definition) is 1. The van der Waals surface area contributed by atoms with Crippen molar-refractivity contribution in [1.29, 1.82) is 0 Å². The Morgan fingerprint density at radius 2 is 1.83 bits per heavy atom. The van der Waals surface area contributed by atoms with Crippen LogP contribution in [0.15, 0.2) is 24.3 Å². The third-order valence-corrected chi connectivity index (χ3v) is 2.19. The first-order valence-electron chi connectivity index (χ1n) is 3.77. The molecule has 0 aliphatic heterocycles. The second-order valence-corrected chi connectivity index (χ2v) is 2.94. The fourth-order valence-corrected chi connectivity index (χ4v) is 1.61. The van der Waals surface area contributed by atoms with Crippen molar-refractivity contribution in [3.8, 4) is 0 Å². The maximum absolute atomic E-state index is 13.1. The van der Waals surface area contributed by atoms with Gasteiger partial charge in [-0.3, -0.25) is 0 Å². The zero-order chi connectivity index (χ0) is 7.84. The van der Waals surface area contributed by atoms with Crippen molar-refractivity contribution in [3.63, 3.8) is 0 Å². The maximum Gasteiger partial charge on any atom is 0.127 e. The lowest BCUT2D eigenvalue weighted by Crippen LogP contribution is -2.04. The van der Waals surface area contributed by atoms with E-state index in [1.165, 1.54) is 0 Å². The van der Waals surface area contributed by atoms with E-state index in [1.54, 1.807) is 0 Å². The minimum absolute atomic E-state index is 0. The van der Waals surface area contributed by atoms with E-state index < -0.39 is 6.17 Å². The molecule has 1 aromatic rings. The fourth-order valence-electron chi connectivity index (χ4n) is 1.61. The molecular weight excluding hydrogens is 177 g/mol. The molecule has 0 heterocycles. The molecule has 0 fully saturated rings. The summed E-state index contributed by atoms with van der Waals surface area (Å²) in [4.78, 5) is 0. The minimum atomic E-state index is -0.846. The molecule has 0 saturated heterocycles. The summed E-state index contributed by atoms with van der Waals surface area (Å²) in [5, 5.41) is 0. The molecule has 2 unspecified atom stereocenters. The van der Waals surface area contributed by atoms with Crippen molar-refractivity contribution in [3.05, 3.63) is 35.4 Å². The molecule has 12 heavy (non-hydrogen) atoms. The van der Waals surface area contributed by atoms with Gasteiger partial charge in [0.25, 0.3) is 0 Å². The Hall–Kier alpha value is -0.600. The van der Waals surface area contributed by atoms with Crippen LogP contribution >= 0.6 is 12.4 Å². The van der Waals surface area contributed by atoms with Crippen molar-refractivity contribution < 1.29 is 4.39 Å². The van der Waals surface area contributed by atoms with Gasteiger partial charge in [-0.15, -0.1) is 12.4 Å². The van der Waals surface area contributed by atoms with E-state index in [9.17, 15) is 4.39 Å². The van der Waals surface area contributed by atoms with E-state index >= 15 is 0 Å². The molecule has 66 valence electrons. The normalized spacial score (nSPS) is 26.2. The lowest BCUT2D eigenvalue weighted by atomic mass is 10.1. The first-order valence-corrected chi connectivity index (χ1v) is 3.77. The summed E-state index contributed by atoms with van der Waals surface area (Å²) < 4.78 is 13.1. The second-order valence-electron chi connectivity index (χ2n) is 2.94. The van der Waals surface area contributed by atoms with Crippen LogP contribution in [0.1, 0.15) is 29.8 Å². The van der Waals surface area contributed by atoms with E-state index in [-0.39, 0.29) is 18.4 Å². The molecule has 0 saturated carbocycles. The third-order valence-electron chi connectivity index (χ3n) is 2.19. The monoisotopic (exact) mass is 187 g/mol. The van der Waals surface area contributed by atoms with Gasteiger partial charge in [0, 0.05) is 12.5 Å². The highest BCUT2D eigenvalue weighted by atomic mass is 35.5. The molecule has 0 bridgehead atoms. The van der Waals surface area contributed by atoms with Crippen molar-refractivity contribution in [2.75, 3.05) is 0 Å². The first-order chi connectivity index (χ1) is 5.29. The van der Waals surface area contributed by atoms with E-state index in [0.29, 0.717) is 6.42 Å². The zero-order valence-electron chi connectivity index (χ0n) is 6.53. The average molecular weight is 188 g/mol. The summed E-state index contributed by atoms with van der Waals surface area (Å²) in [6.07, 6.45) is -0.402. The van der Waals surface area contributed by atoms with E-state index in [1.807, 2.05) is 24.3 Å². The smallest absolute Gasteiger partial charge is 0.127 e. The second kappa shape index (κ2) is 3.42. The Labute approximate surface area is 77.2 Å². The van der Waals surface area contributed by atoms with Crippen molar-refractivity contribution in [2.45, 2.75) is 18.6 Å². The van der Waals surface area contributed by atoms with Gasteiger partial charge in [0.15, 0.2) is 0 Å². The van der Waals surface area contributed by atoms with E-state index in [0.717, 1.165) is 11.1 Å². The molecule has 0 spiro atoms. The number of halogens is 2. The highest BCUT2D eigenvalue weighted by molar-refractivity contribution is 5.85. The van der Waals surface area contributed by atoms with E-state index in [4.69, 9.17) is 5.73 Å². The molecule has 0 aromatic heterocycles. The van der Waals surface area contributed by atoms with Gasteiger partial charge in [-0.2, -0.15) is 0 Å². The van der Waals surface area contributed by atoms with Gasteiger partial charge in [0.2, 0.25) is 0 Å². The first kappa shape index (κ1) is 9.49. The van der Waals surface area contributed by atoms with Crippen LogP contribution in [-0.4, -0.2) is 0 Å². The molecule has 1 aromatic carbocycles. The summed E-state index contributed by atoms with van der Waals surface area (Å²) in [5.74, 6) is 0. The molecule has 1 aliphatic carbocycles. The van der Waals surface area contributed by atoms with Crippen LogP contribution in [0.2, 0.25) is 0 Å². The van der Waals surface area contributed by atoms with Crippen molar-refractivity contribution in [1.82, 2.24) is 0 Å². The Morgan fingerprint density at radius 3 is 2.42 bits per heavy atom. The summed E-state index contributed by atoms with van der Waals surface area (Å²) in [6, 6.07) is 7.37. The fraction of sp³-hybridized carbons (Fsp3) is 0.333. The molecule has 2 atom stereocenters. The quantitative estimate of drug-likeness (QED) is 0.664. The Bertz CT molecular complexity index is 250. The van der Waals surface area contributed by atoms with Gasteiger partial charge in [-0.1, -0.05) is 24.3 Å². The van der Waals surface area contributed by atoms with Crippen LogP contribution in [0, 0.1) is 0 Å². The Kier molecular flexibility index (Phi) is 2.70. The number of fused-ring (bicyclic) bond motifs is 1. The summed E-state index contributed by atoms with van der Waals surface area (Å²) in [6.45, 7) is 0. The Balaban J connectivity index is 0.000000720. The summed E-state index contributed by atoms with van der Waals surface area (Å²) in [7, 11) is 0. The predicted octanol–water partition coefficient (Wildman–Crippen LogP) is 2.52. The lowest BCUT2D eigenvalue weighted by molar-refractivity contribution is 0.330. The number of rotatable bonds is 0. The van der Waals surface area contributed by atoms with Crippen LogP contribution in [-0.2, 0) is 0 Å². The predicted molar refractivity (Wildman–Crippen MR) is 49.1 cm³/mol. The topological polar surface area (TPSA) is 26.0 Å². The lowest BCUT2D eigenvalue weighted by Gasteiger charge is -2.01. The molecule has 1 nitrogen and oxygen atoms in total. The van der Waals surface area contributed by atoms with Crippen LogP contribution < -0.4 is 5.73 Å². The van der Waals surface area contributed by atoms with Crippen molar-refractivity contribution in [2.24, 2.45) is 5.73 Å². The van der Waals surface area contributed by atoms with Crippen LogP contribution in [0.25, 0.3) is 0 Å². The van der Waals surface area contributed by atoms with Gasteiger partial charge < -0.3 is 5.73 Å². The van der Waals surface area contributed by atoms with E-state index in [2.05, 4.69) is 0 Å². The number of hydrogen-bond acceptors (Lipinski definition) is 1. The minimum Gasteiger partial charge on any atom is -0.324 e. The Morgan fingerprint density at radius 1 is 1.25 bits per heavy atom. The summed E-state index contributed by atoms with van der Waals surface area (Å²) >= 11 is 0. The molecule has 0 radical (unpaired) electrons. The van der Waals surface area contributed by atoms with Crippen LogP contribution in [0.3, 0.4) is 0 Å². The van der Waals surface area contributed by atoms with Gasteiger partial charge in [-0.25, -0.2) is 4.39 Å². The number of alkyl halides is 1. The van der Waals surface area contributed by atoms with Gasteiger partial charge >= 0.3 is 0 Å². The number of nitrogens with two attached hydrogens (primary N) is 1. The molecule has 3 heteroatoms. The van der Waals surface area contributed by atoms with Crippen LogP contribution in [0.4, 0.5) is 4.39 Å². The largest absolute Gasteiger partial charge is 0.324 e. The van der Waals surface area contributed by atoms with Gasteiger partial charge in [-0.05, 0) is 11.1 Å². The van der Waals surface area contributed by atoms with Crippen molar-refractivity contribution >= 4 is 12.4 Å². The average Bonchev–Trinajstić information content (AvgIpc) is 2.30. The zero-order valence-corrected chi connectivity index (χ0v) is 7.35. The maximum atomic E-state index is 13.1. The van der Waals surface area contributed by atoms with Gasteiger partial charge in [0.05, 0.1) is 0 Å². The SMILES string of the molecule is Cl.NC1CC(F)c2ccccc21. The van der Waals surface area contributed by atoms with Gasteiger partial charge in [0.1, 0.15) is 6.17 Å². The molecule has 0 amide bonds. The highest BCUT2D eigenvalue weighted by Crippen LogP contribution is 2.39. The summed E-state index contributed by atoms with van der Waals surface area (Å²) in [5.41, 5.74) is 7.45. The van der Waals surface area contributed by atoms with Crippen LogP contribution in [0.5, 0.6) is 0 Å². The standard InChI is InChI=1S/C9H10FN.ClH/c10-8-5-9(11)7-4-2-1-3-6(7)8;/h1-4,8-9H,5,11H2;1H. The highest BCUT2D eigenvalue weighted by Gasteiger charge is 2.27.